The van der Waals surface area contributed by atoms with Crippen molar-refractivity contribution in [1.82, 2.24) is 0 Å². The van der Waals surface area contributed by atoms with Crippen LogP contribution in [-0.4, -0.2) is 12.6 Å². The number of ether oxygens (including phenoxy) is 1. The molecule has 0 amide bonds. The Kier molecular flexibility index (Phi) is 4.31. The predicted molar refractivity (Wildman–Crippen MR) is 56.5 cm³/mol. The van der Waals surface area contributed by atoms with E-state index >= 15 is 0 Å². The summed E-state index contributed by atoms with van der Waals surface area (Å²) in [6, 6.07) is 4.13. The van der Waals surface area contributed by atoms with Gasteiger partial charge in [0.15, 0.2) is 0 Å². The van der Waals surface area contributed by atoms with E-state index in [9.17, 15) is 18.0 Å². The van der Waals surface area contributed by atoms with E-state index in [1.807, 2.05) is 0 Å². The molecule has 5 heteroatoms. The number of alkyl halides is 3. The Hall–Kier alpha value is -1.78. The van der Waals surface area contributed by atoms with Crippen molar-refractivity contribution in [2.24, 2.45) is 0 Å². The molecule has 17 heavy (non-hydrogen) atoms. The lowest BCUT2D eigenvalue weighted by molar-refractivity contribution is -0.137. The molecule has 0 aliphatic heterocycles. The summed E-state index contributed by atoms with van der Waals surface area (Å²) in [5, 5.41) is 0. The van der Waals surface area contributed by atoms with Crippen molar-refractivity contribution < 1.29 is 22.7 Å². The molecule has 0 saturated carbocycles. The minimum atomic E-state index is -4.46. The molecule has 0 heterocycles. The standard InChI is InChI=1S/C12H11F3O2/c1-2-3-7-17-11(16)9-5-4-6-10(8-9)12(13,14)15/h2,4-6,8H,1,3,7H2. The fourth-order valence-electron chi connectivity index (χ4n) is 1.14. The number of hydrogen-bond donors (Lipinski definition) is 0. The molecule has 0 aliphatic rings. The Balaban J connectivity index is 2.78. The summed E-state index contributed by atoms with van der Waals surface area (Å²) in [5.74, 6) is -0.766. The van der Waals surface area contributed by atoms with Crippen LogP contribution in [0.25, 0.3) is 0 Å². The molecule has 1 aromatic rings. The molecule has 0 atom stereocenters. The maximum absolute atomic E-state index is 12.4. The van der Waals surface area contributed by atoms with Crippen molar-refractivity contribution in [2.75, 3.05) is 6.61 Å². The first-order valence-electron chi connectivity index (χ1n) is 4.90. The first kappa shape index (κ1) is 13.3. The van der Waals surface area contributed by atoms with Gasteiger partial charge in [-0.3, -0.25) is 0 Å². The van der Waals surface area contributed by atoms with Gasteiger partial charge in [-0.2, -0.15) is 13.2 Å². The highest BCUT2D eigenvalue weighted by Gasteiger charge is 2.30. The van der Waals surface area contributed by atoms with Crippen LogP contribution in [0.1, 0.15) is 22.3 Å². The molecule has 92 valence electrons. The Morgan fingerprint density at radius 2 is 2.12 bits per heavy atom. The van der Waals surface area contributed by atoms with Crippen LogP contribution in [-0.2, 0) is 10.9 Å². The average molecular weight is 244 g/mol. The van der Waals surface area contributed by atoms with Gasteiger partial charge in [-0.25, -0.2) is 4.79 Å². The summed E-state index contributed by atoms with van der Waals surface area (Å²) in [6.07, 6.45) is -2.44. The van der Waals surface area contributed by atoms with Gasteiger partial charge in [0.25, 0.3) is 0 Å². The normalized spacial score (nSPS) is 11.0. The van der Waals surface area contributed by atoms with Gasteiger partial charge in [0.1, 0.15) is 0 Å². The summed E-state index contributed by atoms with van der Waals surface area (Å²) >= 11 is 0. The number of carbonyl (C=O) groups is 1. The number of esters is 1. The number of carbonyl (C=O) groups excluding carboxylic acids is 1. The van der Waals surface area contributed by atoms with Gasteiger partial charge in [0, 0.05) is 0 Å². The number of halogens is 3. The Labute approximate surface area is 96.7 Å². The molecule has 1 rings (SSSR count). The highest BCUT2D eigenvalue weighted by molar-refractivity contribution is 5.89. The molecule has 0 spiro atoms. The summed E-state index contributed by atoms with van der Waals surface area (Å²) in [5.41, 5.74) is -0.973. The van der Waals surface area contributed by atoms with Crippen molar-refractivity contribution in [1.29, 1.82) is 0 Å². The van der Waals surface area contributed by atoms with Crippen molar-refractivity contribution in [3.63, 3.8) is 0 Å². The van der Waals surface area contributed by atoms with Crippen LogP contribution in [0.5, 0.6) is 0 Å². The molecular formula is C12H11F3O2. The molecule has 0 radical (unpaired) electrons. The van der Waals surface area contributed by atoms with E-state index in [4.69, 9.17) is 4.74 Å². The van der Waals surface area contributed by atoms with Gasteiger partial charge in [0.2, 0.25) is 0 Å². The monoisotopic (exact) mass is 244 g/mol. The third kappa shape index (κ3) is 3.94. The zero-order valence-corrected chi connectivity index (χ0v) is 8.96. The van der Waals surface area contributed by atoms with E-state index in [0.717, 1.165) is 12.1 Å². The Morgan fingerprint density at radius 1 is 1.41 bits per heavy atom. The predicted octanol–water partition coefficient (Wildman–Crippen LogP) is 3.44. The number of benzene rings is 1. The number of hydrogen-bond acceptors (Lipinski definition) is 2. The van der Waals surface area contributed by atoms with Gasteiger partial charge in [-0.1, -0.05) is 12.1 Å². The zero-order chi connectivity index (χ0) is 12.9. The summed E-state index contributed by atoms with van der Waals surface area (Å²) in [4.78, 5) is 11.4. The van der Waals surface area contributed by atoms with Crippen LogP contribution >= 0.6 is 0 Å². The van der Waals surface area contributed by atoms with Crippen LogP contribution in [0.3, 0.4) is 0 Å². The first-order valence-corrected chi connectivity index (χ1v) is 4.90. The lowest BCUT2D eigenvalue weighted by atomic mass is 10.1. The highest BCUT2D eigenvalue weighted by Crippen LogP contribution is 2.29. The fourth-order valence-corrected chi connectivity index (χ4v) is 1.14. The van der Waals surface area contributed by atoms with Gasteiger partial charge in [-0.15, -0.1) is 6.58 Å². The van der Waals surface area contributed by atoms with Gasteiger partial charge >= 0.3 is 12.1 Å². The summed E-state index contributed by atoms with van der Waals surface area (Å²) in [7, 11) is 0. The highest BCUT2D eigenvalue weighted by atomic mass is 19.4. The van der Waals surface area contributed by atoms with E-state index in [-0.39, 0.29) is 12.2 Å². The van der Waals surface area contributed by atoms with Gasteiger partial charge < -0.3 is 4.74 Å². The van der Waals surface area contributed by atoms with E-state index in [1.165, 1.54) is 12.1 Å². The summed E-state index contributed by atoms with van der Waals surface area (Å²) in [6.45, 7) is 3.55. The zero-order valence-electron chi connectivity index (χ0n) is 8.96. The van der Waals surface area contributed by atoms with Crippen LogP contribution < -0.4 is 0 Å². The molecule has 0 aliphatic carbocycles. The van der Waals surface area contributed by atoms with Crippen LogP contribution in [0.4, 0.5) is 13.2 Å². The lowest BCUT2D eigenvalue weighted by Gasteiger charge is -2.08. The van der Waals surface area contributed by atoms with E-state index in [2.05, 4.69) is 6.58 Å². The second-order valence-electron chi connectivity index (χ2n) is 3.29. The number of rotatable bonds is 4. The molecule has 0 fully saturated rings. The SMILES string of the molecule is C=CCCOC(=O)c1cccc(C(F)(F)F)c1. The topological polar surface area (TPSA) is 26.3 Å². The van der Waals surface area contributed by atoms with Crippen LogP contribution in [0.2, 0.25) is 0 Å². The van der Waals surface area contributed by atoms with Crippen molar-refractivity contribution in [2.45, 2.75) is 12.6 Å². The van der Waals surface area contributed by atoms with Gasteiger partial charge in [0.05, 0.1) is 17.7 Å². The van der Waals surface area contributed by atoms with E-state index < -0.39 is 17.7 Å². The minimum absolute atomic E-state index is 0.108. The summed E-state index contributed by atoms with van der Waals surface area (Å²) < 4.78 is 41.9. The maximum Gasteiger partial charge on any atom is 0.416 e. The largest absolute Gasteiger partial charge is 0.462 e. The molecule has 1 aromatic carbocycles. The third-order valence-corrected chi connectivity index (χ3v) is 1.98. The van der Waals surface area contributed by atoms with Crippen molar-refractivity contribution in [3.8, 4) is 0 Å². The van der Waals surface area contributed by atoms with Crippen molar-refractivity contribution >= 4 is 5.97 Å². The minimum Gasteiger partial charge on any atom is -0.462 e. The third-order valence-electron chi connectivity index (χ3n) is 1.98. The maximum atomic E-state index is 12.4. The van der Waals surface area contributed by atoms with E-state index in [0.29, 0.717) is 6.42 Å². The van der Waals surface area contributed by atoms with Crippen molar-refractivity contribution in [3.05, 3.63) is 48.0 Å². The second-order valence-corrected chi connectivity index (χ2v) is 3.29. The fraction of sp³-hybridized carbons (Fsp3) is 0.250. The smallest absolute Gasteiger partial charge is 0.416 e. The Bertz CT molecular complexity index is 410. The quantitative estimate of drug-likeness (QED) is 0.460. The molecule has 0 N–H and O–H groups in total. The molecule has 2 nitrogen and oxygen atoms in total. The molecule has 0 unspecified atom stereocenters. The average Bonchev–Trinajstić information content (AvgIpc) is 2.28. The lowest BCUT2D eigenvalue weighted by Crippen LogP contribution is -2.10. The second kappa shape index (κ2) is 5.52. The van der Waals surface area contributed by atoms with Crippen LogP contribution in [0, 0.1) is 0 Å². The molecule has 0 aromatic heterocycles. The Morgan fingerprint density at radius 3 is 2.71 bits per heavy atom. The van der Waals surface area contributed by atoms with Gasteiger partial charge in [-0.05, 0) is 24.6 Å². The molecule has 0 saturated heterocycles. The van der Waals surface area contributed by atoms with E-state index in [1.54, 1.807) is 6.08 Å². The molecular weight excluding hydrogens is 233 g/mol. The van der Waals surface area contributed by atoms with Crippen LogP contribution in [0.15, 0.2) is 36.9 Å². The molecule has 0 bridgehead atoms. The first-order chi connectivity index (χ1) is 7.95.